The van der Waals surface area contributed by atoms with E-state index in [0.29, 0.717) is 32.5 Å². The fourth-order valence-corrected chi connectivity index (χ4v) is 3.45. The first-order valence-electron chi connectivity index (χ1n) is 8.99. The summed E-state index contributed by atoms with van der Waals surface area (Å²) in [4.78, 5) is 27.0. The van der Waals surface area contributed by atoms with Gasteiger partial charge in [0.25, 0.3) is 0 Å². The number of para-hydroxylation sites is 1. The van der Waals surface area contributed by atoms with Crippen molar-refractivity contribution in [1.82, 2.24) is 4.90 Å². The van der Waals surface area contributed by atoms with Crippen LogP contribution in [0.5, 0.6) is 0 Å². The van der Waals surface area contributed by atoms with Crippen LogP contribution in [-0.4, -0.2) is 36.6 Å². The van der Waals surface area contributed by atoms with E-state index in [4.69, 9.17) is 4.74 Å². The van der Waals surface area contributed by atoms with Crippen LogP contribution in [0.15, 0.2) is 60.7 Å². The molecule has 1 aliphatic heterocycles. The van der Waals surface area contributed by atoms with Crippen molar-refractivity contribution in [1.29, 1.82) is 0 Å². The third-order valence-corrected chi connectivity index (χ3v) is 4.92. The van der Waals surface area contributed by atoms with Gasteiger partial charge in [-0.05, 0) is 37.5 Å². The van der Waals surface area contributed by atoms with Gasteiger partial charge in [0.15, 0.2) is 0 Å². The SMILES string of the molecule is CCOC(=O)C1(c2ccccc2)CCN(C(=O)Nc2ccccc2)CC1. The largest absolute Gasteiger partial charge is 0.465 e. The molecule has 0 atom stereocenters. The number of esters is 1. The first-order valence-corrected chi connectivity index (χ1v) is 8.99. The van der Waals surface area contributed by atoms with Crippen molar-refractivity contribution in [3.05, 3.63) is 66.2 Å². The second-order valence-electron chi connectivity index (χ2n) is 6.45. The van der Waals surface area contributed by atoms with Crippen LogP contribution in [-0.2, 0) is 14.9 Å². The quantitative estimate of drug-likeness (QED) is 0.851. The molecule has 1 heterocycles. The minimum Gasteiger partial charge on any atom is -0.465 e. The Labute approximate surface area is 154 Å². The highest BCUT2D eigenvalue weighted by Crippen LogP contribution is 2.37. The maximum absolute atomic E-state index is 12.7. The molecule has 2 aromatic rings. The van der Waals surface area contributed by atoms with Crippen LogP contribution in [0, 0.1) is 0 Å². The molecule has 2 amide bonds. The van der Waals surface area contributed by atoms with E-state index in [2.05, 4.69) is 5.32 Å². The number of likely N-dealkylation sites (tertiary alicyclic amines) is 1. The summed E-state index contributed by atoms with van der Waals surface area (Å²) in [5.41, 5.74) is 1.05. The van der Waals surface area contributed by atoms with Gasteiger partial charge in [0.05, 0.1) is 12.0 Å². The summed E-state index contributed by atoms with van der Waals surface area (Å²) in [6.45, 7) is 3.18. The van der Waals surface area contributed by atoms with E-state index >= 15 is 0 Å². The molecule has 0 aliphatic carbocycles. The van der Waals surface area contributed by atoms with Crippen LogP contribution in [0.4, 0.5) is 10.5 Å². The van der Waals surface area contributed by atoms with E-state index in [-0.39, 0.29) is 12.0 Å². The molecule has 0 saturated carbocycles. The van der Waals surface area contributed by atoms with Crippen LogP contribution in [0.3, 0.4) is 0 Å². The molecule has 2 aromatic carbocycles. The zero-order valence-corrected chi connectivity index (χ0v) is 15.0. The Balaban J connectivity index is 1.72. The van der Waals surface area contributed by atoms with Gasteiger partial charge < -0.3 is 15.0 Å². The first kappa shape index (κ1) is 18.0. The zero-order valence-electron chi connectivity index (χ0n) is 15.0. The van der Waals surface area contributed by atoms with Crippen molar-refractivity contribution in [3.63, 3.8) is 0 Å². The van der Waals surface area contributed by atoms with Crippen molar-refractivity contribution in [2.75, 3.05) is 25.0 Å². The van der Waals surface area contributed by atoms with Crippen molar-refractivity contribution in [2.45, 2.75) is 25.2 Å². The number of nitrogens with one attached hydrogen (secondary N) is 1. The number of carbonyl (C=O) groups is 2. The number of benzene rings is 2. The molecule has 26 heavy (non-hydrogen) atoms. The van der Waals surface area contributed by atoms with Crippen molar-refractivity contribution < 1.29 is 14.3 Å². The fraction of sp³-hybridized carbons (Fsp3) is 0.333. The highest BCUT2D eigenvalue weighted by atomic mass is 16.5. The summed E-state index contributed by atoms with van der Waals surface area (Å²) >= 11 is 0. The van der Waals surface area contributed by atoms with Crippen LogP contribution >= 0.6 is 0 Å². The topological polar surface area (TPSA) is 58.6 Å². The molecule has 0 radical (unpaired) electrons. The standard InChI is InChI=1S/C21H24N2O3/c1-2-26-19(24)21(17-9-5-3-6-10-17)13-15-23(16-14-21)20(25)22-18-11-7-4-8-12-18/h3-12H,2,13-16H2,1H3,(H,22,25). The number of amides is 2. The highest BCUT2D eigenvalue weighted by molar-refractivity contribution is 5.90. The van der Waals surface area contributed by atoms with Crippen LogP contribution < -0.4 is 5.32 Å². The van der Waals surface area contributed by atoms with Crippen molar-refractivity contribution in [2.24, 2.45) is 0 Å². The van der Waals surface area contributed by atoms with Gasteiger partial charge >= 0.3 is 12.0 Å². The van der Waals surface area contributed by atoms with E-state index in [9.17, 15) is 9.59 Å². The number of hydrogen-bond acceptors (Lipinski definition) is 3. The highest BCUT2D eigenvalue weighted by Gasteiger charge is 2.44. The molecule has 0 unspecified atom stereocenters. The third-order valence-electron chi connectivity index (χ3n) is 4.92. The number of nitrogens with zero attached hydrogens (tertiary/aromatic N) is 1. The molecule has 1 aliphatic rings. The van der Waals surface area contributed by atoms with Gasteiger partial charge in [-0.15, -0.1) is 0 Å². The summed E-state index contributed by atoms with van der Waals surface area (Å²) in [6, 6.07) is 19.0. The predicted molar refractivity (Wildman–Crippen MR) is 101 cm³/mol. The number of piperidine rings is 1. The lowest BCUT2D eigenvalue weighted by molar-refractivity contribution is -0.152. The normalized spacial score (nSPS) is 16.0. The molecular formula is C21H24N2O3. The van der Waals surface area contributed by atoms with Gasteiger partial charge in [-0.25, -0.2) is 4.79 Å². The number of carbonyl (C=O) groups excluding carboxylic acids is 2. The number of ether oxygens (including phenoxy) is 1. The minimum absolute atomic E-state index is 0.137. The third kappa shape index (κ3) is 3.72. The molecular weight excluding hydrogens is 328 g/mol. The number of anilines is 1. The lowest BCUT2D eigenvalue weighted by atomic mass is 9.73. The Morgan fingerprint density at radius 3 is 2.15 bits per heavy atom. The average Bonchev–Trinajstić information content (AvgIpc) is 2.69. The summed E-state index contributed by atoms with van der Waals surface area (Å²) < 4.78 is 5.37. The number of hydrogen-bond donors (Lipinski definition) is 1. The minimum atomic E-state index is -0.680. The lowest BCUT2D eigenvalue weighted by Gasteiger charge is -2.40. The molecule has 3 rings (SSSR count). The Morgan fingerprint density at radius 2 is 1.58 bits per heavy atom. The Bertz CT molecular complexity index is 738. The van der Waals surface area contributed by atoms with E-state index < -0.39 is 5.41 Å². The van der Waals surface area contributed by atoms with Gasteiger partial charge in [0, 0.05) is 18.8 Å². The van der Waals surface area contributed by atoms with Crippen LogP contribution in [0.1, 0.15) is 25.3 Å². The fourth-order valence-electron chi connectivity index (χ4n) is 3.45. The molecule has 1 saturated heterocycles. The molecule has 5 nitrogen and oxygen atoms in total. The summed E-state index contributed by atoms with van der Waals surface area (Å²) in [6.07, 6.45) is 1.11. The lowest BCUT2D eigenvalue weighted by Crippen LogP contribution is -2.50. The second-order valence-corrected chi connectivity index (χ2v) is 6.45. The van der Waals surface area contributed by atoms with Gasteiger partial charge in [-0.1, -0.05) is 48.5 Å². The van der Waals surface area contributed by atoms with E-state index in [1.807, 2.05) is 67.6 Å². The molecule has 5 heteroatoms. The molecule has 0 bridgehead atoms. The molecule has 0 aromatic heterocycles. The van der Waals surface area contributed by atoms with E-state index in [1.165, 1.54) is 0 Å². The summed E-state index contributed by atoms with van der Waals surface area (Å²) in [5.74, 6) is -0.200. The maximum Gasteiger partial charge on any atom is 0.321 e. The van der Waals surface area contributed by atoms with Crippen molar-refractivity contribution in [3.8, 4) is 0 Å². The van der Waals surface area contributed by atoms with Crippen LogP contribution in [0.25, 0.3) is 0 Å². The van der Waals surface area contributed by atoms with Crippen LogP contribution in [0.2, 0.25) is 0 Å². The smallest absolute Gasteiger partial charge is 0.321 e. The van der Waals surface area contributed by atoms with E-state index in [1.54, 1.807) is 4.90 Å². The van der Waals surface area contributed by atoms with Crippen molar-refractivity contribution >= 4 is 17.7 Å². The molecule has 136 valence electrons. The summed E-state index contributed by atoms with van der Waals surface area (Å²) in [5, 5.41) is 2.90. The maximum atomic E-state index is 12.7. The second kappa shape index (κ2) is 8.04. The molecule has 1 N–H and O–H groups in total. The number of urea groups is 1. The first-order chi connectivity index (χ1) is 12.7. The zero-order chi connectivity index (χ0) is 18.4. The Kier molecular flexibility index (Phi) is 5.56. The predicted octanol–water partition coefficient (Wildman–Crippen LogP) is 3.82. The monoisotopic (exact) mass is 352 g/mol. The van der Waals surface area contributed by atoms with Gasteiger partial charge in [-0.2, -0.15) is 0 Å². The Morgan fingerprint density at radius 1 is 1.00 bits per heavy atom. The molecule has 0 spiro atoms. The van der Waals surface area contributed by atoms with Gasteiger partial charge in [0.1, 0.15) is 0 Å². The Hall–Kier alpha value is -2.82. The van der Waals surface area contributed by atoms with Gasteiger partial charge in [-0.3, -0.25) is 4.79 Å². The average molecular weight is 352 g/mol. The van der Waals surface area contributed by atoms with Gasteiger partial charge in [0.2, 0.25) is 0 Å². The molecule has 1 fully saturated rings. The summed E-state index contributed by atoms with van der Waals surface area (Å²) in [7, 11) is 0. The van der Waals surface area contributed by atoms with E-state index in [0.717, 1.165) is 11.3 Å². The number of rotatable bonds is 4.